The first-order valence-corrected chi connectivity index (χ1v) is 7.03. The topological polar surface area (TPSA) is 80.4 Å². The third-order valence-corrected chi connectivity index (χ3v) is 3.10. The number of aliphatic hydroxyl groups excluding tert-OH is 1. The minimum Gasteiger partial charge on any atom is -0.383 e. The first-order valence-electron chi connectivity index (χ1n) is 7.03. The van der Waals surface area contributed by atoms with Gasteiger partial charge in [0.25, 0.3) is 0 Å². The van der Waals surface area contributed by atoms with E-state index >= 15 is 0 Å². The summed E-state index contributed by atoms with van der Waals surface area (Å²) in [4.78, 5) is 23.3. The second-order valence-electron chi connectivity index (χ2n) is 4.82. The number of nitrogens with two attached hydrogens (primary N) is 1. The Labute approximate surface area is 110 Å². The van der Waals surface area contributed by atoms with Gasteiger partial charge in [0.1, 0.15) is 6.10 Å². The van der Waals surface area contributed by atoms with Crippen LogP contribution in [-0.2, 0) is 9.59 Å². The fraction of sp³-hybridized carbons (Fsp3) is 0.857. The Balaban J connectivity index is 4.02. The monoisotopic (exact) mass is 257 g/mol. The van der Waals surface area contributed by atoms with E-state index in [2.05, 4.69) is 6.92 Å². The van der Waals surface area contributed by atoms with Crippen LogP contribution in [0.15, 0.2) is 0 Å². The number of Topliss-reactive ketones (excluding diaryl/α,β-unsaturated/α-hetero) is 2. The van der Waals surface area contributed by atoms with E-state index in [4.69, 9.17) is 5.73 Å². The van der Waals surface area contributed by atoms with E-state index < -0.39 is 12.1 Å². The highest BCUT2D eigenvalue weighted by molar-refractivity contribution is 5.93. The molecule has 0 rings (SSSR count). The largest absolute Gasteiger partial charge is 0.383 e. The molecule has 0 radical (unpaired) electrons. The van der Waals surface area contributed by atoms with E-state index in [1.807, 2.05) is 6.92 Å². The van der Waals surface area contributed by atoms with E-state index in [0.29, 0.717) is 12.8 Å². The SMILES string of the molecule is CCCCCC(=O)C(N)C(O)C(=O)CCCCC. The maximum Gasteiger partial charge on any atom is 0.163 e. The molecule has 0 spiro atoms. The third-order valence-electron chi connectivity index (χ3n) is 3.10. The van der Waals surface area contributed by atoms with Crippen LogP contribution < -0.4 is 5.73 Å². The molecule has 0 saturated carbocycles. The van der Waals surface area contributed by atoms with Gasteiger partial charge in [0.15, 0.2) is 11.6 Å². The third kappa shape index (κ3) is 6.87. The molecule has 4 heteroatoms. The molecule has 18 heavy (non-hydrogen) atoms. The van der Waals surface area contributed by atoms with Gasteiger partial charge in [-0.3, -0.25) is 9.59 Å². The van der Waals surface area contributed by atoms with E-state index in [-0.39, 0.29) is 11.6 Å². The highest BCUT2D eigenvalue weighted by atomic mass is 16.3. The molecule has 0 aromatic carbocycles. The van der Waals surface area contributed by atoms with Gasteiger partial charge in [0.2, 0.25) is 0 Å². The van der Waals surface area contributed by atoms with Crippen LogP contribution >= 0.6 is 0 Å². The molecule has 106 valence electrons. The normalized spacial score (nSPS) is 14.2. The lowest BCUT2D eigenvalue weighted by atomic mass is 9.97. The summed E-state index contributed by atoms with van der Waals surface area (Å²) in [5.41, 5.74) is 5.63. The number of hydrogen-bond acceptors (Lipinski definition) is 4. The van der Waals surface area contributed by atoms with Gasteiger partial charge in [-0.25, -0.2) is 0 Å². The molecule has 2 atom stereocenters. The molecule has 0 aliphatic heterocycles. The average molecular weight is 257 g/mol. The summed E-state index contributed by atoms with van der Waals surface area (Å²) < 4.78 is 0. The number of hydrogen-bond donors (Lipinski definition) is 2. The predicted octanol–water partition coefficient (Wildman–Crippen LogP) is 1.97. The molecule has 0 aromatic heterocycles. The zero-order chi connectivity index (χ0) is 14.0. The van der Waals surface area contributed by atoms with E-state index in [9.17, 15) is 14.7 Å². The molecule has 0 bridgehead atoms. The smallest absolute Gasteiger partial charge is 0.163 e. The van der Waals surface area contributed by atoms with Crippen LogP contribution in [0, 0.1) is 0 Å². The van der Waals surface area contributed by atoms with Crippen LogP contribution in [0.1, 0.15) is 65.2 Å². The molecule has 0 heterocycles. The lowest BCUT2D eigenvalue weighted by molar-refractivity contribution is -0.134. The van der Waals surface area contributed by atoms with Gasteiger partial charge in [-0.05, 0) is 12.8 Å². The summed E-state index contributed by atoms with van der Waals surface area (Å²) in [6, 6.07) is -1.05. The Hall–Kier alpha value is -0.740. The second-order valence-corrected chi connectivity index (χ2v) is 4.82. The van der Waals surface area contributed by atoms with Crippen LogP contribution in [0.25, 0.3) is 0 Å². The first-order chi connectivity index (χ1) is 8.54. The lowest BCUT2D eigenvalue weighted by Gasteiger charge is -2.16. The van der Waals surface area contributed by atoms with Crippen molar-refractivity contribution in [2.45, 2.75) is 77.4 Å². The number of ketones is 2. The van der Waals surface area contributed by atoms with E-state index in [0.717, 1.165) is 38.5 Å². The lowest BCUT2D eigenvalue weighted by Crippen LogP contribution is -2.46. The summed E-state index contributed by atoms with van der Waals surface area (Å²) in [5.74, 6) is -0.514. The van der Waals surface area contributed by atoms with Crippen molar-refractivity contribution in [2.75, 3.05) is 0 Å². The quantitative estimate of drug-likeness (QED) is 0.555. The Kier molecular flexibility index (Phi) is 9.79. The average Bonchev–Trinajstić information content (AvgIpc) is 2.37. The molecular weight excluding hydrogens is 230 g/mol. The molecule has 0 amide bonds. The number of carbonyl (C=O) groups excluding carboxylic acids is 2. The maximum absolute atomic E-state index is 11.7. The van der Waals surface area contributed by atoms with Gasteiger partial charge < -0.3 is 10.8 Å². The van der Waals surface area contributed by atoms with Gasteiger partial charge in [-0.2, -0.15) is 0 Å². The van der Waals surface area contributed by atoms with Crippen molar-refractivity contribution in [1.82, 2.24) is 0 Å². The van der Waals surface area contributed by atoms with Crippen molar-refractivity contribution in [3.63, 3.8) is 0 Å². The molecule has 0 saturated heterocycles. The minimum atomic E-state index is -1.32. The minimum absolute atomic E-state index is 0.209. The van der Waals surface area contributed by atoms with Gasteiger partial charge >= 0.3 is 0 Å². The van der Waals surface area contributed by atoms with Gasteiger partial charge in [-0.1, -0.05) is 39.5 Å². The Morgan fingerprint density at radius 2 is 1.39 bits per heavy atom. The van der Waals surface area contributed by atoms with Gasteiger partial charge in [-0.15, -0.1) is 0 Å². The van der Waals surface area contributed by atoms with E-state index in [1.165, 1.54) is 0 Å². The number of carbonyl (C=O) groups is 2. The molecule has 4 nitrogen and oxygen atoms in total. The standard InChI is InChI=1S/C14H27NO3/c1-3-5-7-9-11(16)13(15)14(18)12(17)10-8-6-4-2/h13-14,18H,3-10,15H2,1-2H3. The summed E-state index contributed by atoms with van der Waals surface area (Å²) in [6.07, 6.45) is 4.85. The highest BCUT2D eigenvalue weighted by Gasteiger charge is 2.27. The van der Waals surface area contributed by atoms with Crippen molar-refractivity contribution in [2.24, 2.45) is 5.73 Å². The number of unbranched alkanes of at least 4 members (excludes halogenated alkanes) is 4. The van der Waals surface area contributed by atoms with Crippen LogP contribution in [0.3, 0.4) is 0 Å². The zero-order valence-corrected chi connectivity index (χ0v) is 11.7. The Morgan fingerprint density at radius 3 is 1.83 bits per heavy atom. The van der Waals surface area contributed by atoms with Crippen LogP contribution in [-0.4, -0.2) is 28.8 Å². The van der Waals surface area contributed by atoms with Crippen molar-refractivity contribution in [3.05, 3.63) is 0 Å². The van der Waals surface area contributed by atoms with Crippen LogP contribution in [0.5, 0.6) is 0 Å². The van der Waals surface area contributed by atoms with E-state index in [1.54, 1.807) is 0 Å². The van der Waals surface area contributed by atoms with Gasteiger partial charge in [0, 0.05) is 12.8 Å². The molecule has 0 aliphatic carbocycles. The fourth-order valence-corrected chi connectivity index (χ4v) is 1.79. The van der Waals surface area contributed by atoms with Gasteiger partial charge in [0.05, 0.1) is 6.04 Å². The number of aliphatic hydroxyl groups is 1. The zero-order valence-electron chi connectivity index (χ0n) is 11.7. The van der Waals surface area contributed by atoms with Crippen molar-refractivity contribution in [3.8, 4) is 0 Å². The Bertz CT molecular complexity index is 227. The molecule has 0 aliphatic rings. The van der Waals surface area contributed by atoms with Crippen molar-refractivity contribution < 1.29 is 14.7 Å². The molecule has 0 aromatic rings. The van der Waals surface area contributed by atoms with Crippen molar-refractivity contribution in [1.29, 1.82) is 0 Å². The summed E-state index contributed by atoms with van der Waals surface area (Å²) in [7, 11) is 0. The second kappa shape index (κ2) is 10.2. The first kappa shape index (κ1) is 17.3. The molecular formula is C14H27NO3. The summed E-state index contributed by atoms with van der Waals surface area (Å²) >= 11 is 0. The molecule has 2 unspecified atom stereocenters. The Morgan fingerprint density at radius 1 is 0.944 bits per heavy atom. The molecule has 0 fully saturated rings. The highest BCUT2D eigenvalue weighted by Crippen LogP contribution is 2.08. The predicted molar refractivity (Wildman–Crippen MR) is 72.3 cm³/mol. The summed E-state index contributed by atoms with van der Waals surface area (Å²) in [6.45, 7) is 4.10. The summed E-state index contributed by atoms with van der Waals surface area (Å²) in [5, 5.41) is 9.72. The molecule has 3 N–H and O–H groups in total. The number of rotatable bonds is 11. The fourth-order valence-electron chi connectivity index (χ4n) is 1.79. The van der Waals surface area contributed by atoms with Crippen LogP contribution in [0.2, 0.25) is 0 Å². The maximum atomic E-state index is 11.7. The van der Waals surface area contributed by atoms with Crippen LogP contribution in [0.4, 0.5) is 0 Å². The van der Waals surface area contributed by atoms with Crippen molar-refractivity contribution >= 4 is 11.6 Å².